The van der Waals surface area contributed by atoms with Gasteiger partial charge < -0.3 is 14.8 Å². The molecule has 0 aliphatic rings. The number of amides is 1. The van der Waals surface area contributed by atoms with Crippen molar-refractivity contribution in [2.45, 2.75) is 27.2 Å². The van der Waals surface area contributed by atoms with Crippen LogP contribution in [-0.2, 0) is 14.3 Å². The van der Waals surface area contributed by atoms with E-state index in [4.69, 9.17) is 14.6 Å². The SMILES string of the molecule is Cc1cc(C)c(-c2cc(NC(=O)COC(=O)CCOc3ccccc3)n(-c3ccccc3)n2)cc1C. The third-order valence-electron chi connectivity index (χ3n) is 5.78. The minimum absolute atomic E-state index is 0.0420. The molecule has 0 radical (unpaired) electrons. The number of carbonyl (C=O) groups excluding carboxylic acids is 2. The van der Waals surface area contributed by atoms with Crippen molar-refractivity contribution in [3.05, 3.63) is 95.6 Å². The van der Waals surface area contributed by atoms with Crippen molar-refractivity contribution in [1.29, 1.82) is 0 Å². The molecule has 7 heteroatoms. The van der Waals surface area contributed by atoms with Crippen molar-refractivity contribution >= 4 is 17.7 Å². The van der Waals surface area contributed by atoms with Crippen LogP contribution in [0.2, 0.25) is 0 Å². The van der Waals surface area contributed by atoms with Crippen LogP contribution in [-0.4, -0.2) is 34.9 Å². The molecular formula is C29H29N3O4. The largest absolute Gasteiger partial charge is 0.493 e. The highest BCUT2D eigenvalue weighted by molar-refractivity contribution is 5.93. The number of ether oxygens (including phenoxy) is 2. The second-order valence-corrected chi connectivity index (χ2v) is 8.53. The quantitative estimate of drug-likeness (QED) is 0.322. The van der Waals surface area contributed by atoms with E-state index >= 15 is 0 Å². The number of carbonyl (C=O) groups is 2. The molecular weight excluding hydrogens is 454 g/mol. The molecule has 0 saturated heterocycles. The van der Waals surface area contributed by atoms with Gasteiger partial charge in [0.05, 0.1) is 24.4 Å². The lowest BCUT2D eigenvalue weighted by Crippen LogP contribution is -2.23. The van der Waals surface area contributed by atoms with E-state index in [1.165, 1.54) is 11.1 Å². The molecule has 36 heavy (non-hydrogen) atoms. The Morgan fingerprint density at radius 2 is 1.53 bits per heavy atom. The van der Waals surface area contributed by atoms with Crippen LogP contribution >= 0.6 is 0 Å². The number of benzene rings is 3. The van der Waals surface area contributed by atoms with Crippen molar-refractivity contribution in [2.75, 3.05) is 18.5 Å². The number of hydrogen-bond acceptors (Lipinski definition) is 5. The zero-order chi connectivity index (χ0) is 25.5. The van der Waals surface area contributed by atoms with Crippen LogP contribution in [0.25, 0.3) is 16.9 Å². The third kappa shape index (κ3) is 6.18. The Kier molecular flexibility index (Phi) is 7.80. The van der Waals surface area contributed by atoms with Crippen LogP contribution in [0.3, 0.4) is 0 Å². The summed E-state index contributed by atoms with van der Waals surface area (Å²) in [4.78, 5) is 24.7. The Balaban J connectivity index is 1.43. The molecule has 1 aromatic heterocycles. The zero-order valence-electron chi connectivity index (χ0n) is 20.7. The molecule has 1 N–H and O–H groups in total. The molecule has 3 aromatic carbocycles. The highest BCUT2D eigenvalue weighted by Gasteiger charge is 2.17. The summed E-state index contributed by atoms with van der Waals surface area (Å²) in [6, 6.07) is 24.8. The van der Waals surface area contributed by atoms with E-state index in [-0.39, 0.29) is 13.0 Å². The van der Waals surface area contributed by atoms with Crippen molar-refractivity contribution in [2.24, 2.45) is 0 Å². The monoisotopic (exact) mass is 483 g/mol. The van der Waals surface area contributed by atoms with Gasteiger partial charge in [-0.15, -0.1) is 0 Å². The number of aromatic nitrogens is 2. The molecule has 0 unspecified atom stereocenters. The van der Waals surface area contributed by atoms with Gasteiger partial charge in [0.25, 0.3) is 5.91 Å². The molecule has 0 atom stereocenters. The first kappa shape index (κ1) is 24.7. The lowest BCUT2D eigenvalue weighted by atomic mass is 9.99. The number of esters is 1. The van der Waals surface area contributed by atoms with Gasteiger partial charge in [0.1, 0.15) is 11.6 Å². The van der Waals surface area contributed by atoms with Crippen molar-refractivity contribution in [1.82, 2.24) is 9.78 Å². The predicted molar refractivity (Wildman–Crippen MR) is 139 cm³/mol. The molecule has 1 heterocycles. The van der Waals surface area contributed by atoms with Gasteiger partial charge in [-0.05, 0) is 67.8 Å². The smallest absolute Gasteiger partial charge is 0.309 e. The first-order valence-corrected chi connectivity index (χ1v) is 11.8. The van der Waals surface area contributed by atoms with Gasteiger partial charge in [0.2, 0.25) is 0 Å². The fourth-order valence-electron chi connectivity index (χ4n) is 3.77. The maximum Gasteiger partial charge on any atom is 0.309 e. The first-order valence-electron chi connectivity index (χ1n) is 11.8. The Hall–Kier alpha value is -4.39. The maximum absolute atomic E-state index is 12.6. The second-order valence-electron chi connectivity index (χ2n) is 8.53. The molecule has 4 aromatic rings. The number of para-hydroxylation sites is 2. The second kappa shape index (κ2) is 11.4. The number of nitrogens with one attached hydrogen (secondary N) is 1. The molecule has 7 nitrogen and oxygen atoms in total. The zero-order valence-corrected chi connectivity index (χ0v) is 20.7. The van der Waals surface area contributed by atoms with Gasteiger partial charge in [-0.3, -0.25) is 9.59 Å². The summed E-state index contributed by atoms with van der Waals surface area (Å²) in [6.45, 7) is 5.96. The first-order chi connectivity index (χ1) is 17.4. The molecule has 1 amide bonds. The molecule has 4 rings (SSSR count). The van der Waals surface area contributed by atoms with Crippen LogP contribution in [0.5, 0.6) is 5.75 Å². The van der Waals surface area contributed by atoms with E-state index < -0.39 is 18.5 Å². The summed E-state index contributed by atoms with van der Waals surface area (Å²) >= 11 is 0. The van der Waals surface area contributed by atoms with Gasteiger partial charge in [0.15, 0.2) is 6.61 Å². The Morgan fingerprint density at radius 1 is 0.861 bits per heavy atom. The number of nitrogens with zero attached hydrogens (tertiary/aromatic N) is 2. The minimum atomic E-state index is -0.510. The van der Waals surface area contributed by atoms with Crippen molar-refractivity contribution in [3.8, 4) is 22.7 Å². The molecule has 0 aliphatic heterocycles. The Labute approximate surface area is 210 Å². The van der Waals surface area contributed by atoms with Crippen LogP contribution in [0.1, 0.15) is 23.1 Å². The summed E-state index contributed by atoms with van der Waals surface area (Å²) in [7, 11) is 0. The predicted octanol–water partition coefficient (Wildman–Crippen LogP) is 5.42. The van der Waals surface area contributed by atoms with Crippen LogP contribution in [0, 0.1) is 20.8 Å². The standard InChI is InChI=1S/C29H29N3O4/c1-20-16-22(3)25(17-21(20)2)26-18-27(32(31-26)23-10-6-4-7-11-23)30-28(33)19-36-29(34)14-15-35-24-12-8-5-9-13-24/h4-13,16-18H,14-15,19H2,1-3H3,(H,30,33). The molecule has 184 valence electrons. The summed E-state index contributed by atoms with van der Waals surface area (Å²) in [5.41, 5.74) is 6.01. The number of anilines is 1. The van der Waals surface area contributed by atoms with Gasteiger partial charge >= 0.3 is 5.97 Å². The average molecular weight is 484 g/mol. The van der Waals surface area contributed by atoms with Crippen molar-refractivity contribution in [3.63, 3.8) is 0 Å². The van der Waals surface area contributed by atoms with E-state index in [0.29, 0.717) is 11.6 Å². The van der Waals surface area contributed by atoms with E-state index in [9.17, 15) is 9.59 Å². The molecule has 0 saturated carbocycles. The Bertz CT molecular complexity index is 1350. The summed E-state index contributed by atoms with van der Waals surface area (Å²) in [5.74, 6) is 0.200. The summed E-state index contributed by atoms with van der Waals surface area (Å²) < 4.78 is 12.3. The van der Waals surface area contributed by atoms with Crippen molar-refractivity contribution < 1.29 is 19.1 Å². The van der Waals surface area contributed by atoms with Crippen LogP contribution < -0.4 is 10.1 Å². The van der Waals surface area contributed by atoms with E-state index in [1.807, 2.05) is 73.7 Å². The summed E-state index contributed by atoms with van der Waals surface area (Å²) in [5, 5.41) is 7.61. The number of aryl methyl sites for hydroxylation is 3. The minimum Gasteiger partial charge on any atom is -0.493 e. The van der Waals surface area contributed by atoms with Gasteiger partial charge in [0, 0.05) is 11.6 Å². The van der Waals surface area contributed by atoms with Gasteiger partial charge in [-0.2, -0.15) is 5.10 Å². The van der Waals surface area contributed by atoms with Gasteiger partial charge in [-0.1, -0.05) is 42.5 Å². The lowest BCUT2D eigenvalue weighted by Gasteiger charge is -2.09. The fraction of sp³-hybridized carbons (Fsp3) is 0.207. The number of rotatable bonds is 9. The van der Waals surface area contributed by atoms with Crippen LogP contribution in [0.4, 0.5) is 5.82 Å². The van der Waals surface area contributed by atoms with E-state index in [1.54, 1.807) is 4.68 Å². The van der Waals surface area contributed by atoms with E-state index in [0.717, 1.165) is 22.5 Å². The third-order valence-corrected chi connectivity index (χ3v) is 5.78. The maximum atomic E-state index is 12.6. The molecule has 0 bridgehead atoms. The highest BCUT2D eigenvalue weighted by Crippen LogP contribution is 2.29. The summed E-state index contributed by atoms with van der Waals surface area (Å²) in [6.07, 6.45) is 0.0420. The van der Waals surface area contributed by atoms with Gasteiger partial charge in [-0.25, -0.2) is 4.68 Å². The molecule has 0 fully saturated rings. The normalized spacial score (nSPS) is 10.6. The Morgan fingerprint density at radius 3 is 2.25 bits per heavy atom. The molecule has 0 aliphatic carbocycles. The van der Waals surface area contributed by atoms with Crippen LogP contribution in [0.15, 0.2) is 78.9 Å². The average Bonchev–Trinajstić information content (AvgIpc) is 3.29. The lowest BCUT2D eigenvalue weighted by molar-refractivity contribution is -0.147. The fourth-order valence-corrected chi connectivity index (χ4v) is 3.77. The molecule has 0 spiro atoms. The van der Waals surface area contributed by atoms with E-state index in [2.05, 4.69) is 31.3 Å². The highest BCUT2D eigenvalue weighted by atomic mass is 16.5. The topological polar surface area (TPSA) is 82.5 Å². The number of hydrogen-bond donors (Lipinski definition) is 1.